The molecule has 198 valence electrons. The Labute approximate surface area is 226 Å². The van der Waals surface area contributed by atoms with E-state index in [0.29, 0.717) is 24.7 Å². The monoisotopic (exact) mass is 521 g/mol. The van der Waals surface area contributed by atoms with Gasteiger partial charge in [-0.05, 0) is 63.7 Å². The van der Waals surface area contributed by atoms with Gasteiger partial charge in [-0.1, -0.05) is 6.07 Å². The van der Waals surface area contributed by atoms with Crippen molar-refractivity contribution in [2.24, 2.45) is 0 Å². The highest BCUT2D eigenvalue weighted by Crippen LogP contribution is 2.32. The van der Waals surface area contributed by atoms with Crippen molar-refractivity contribution in [3.05, 3.63) is 66.3 Å². The van der Waals surface area contributed by atoms with E-state index < -0.39 is 0 Å². The topological polar surface area (TPSA) is 108 Å². The van der Waals surface area contributed by atoms with E-state index in [4.69, 9.17) is 0 Å². The molecule has 10 heteroatoms. The van der Waals surface area contributed by atoms with Gasteiger partial charge in [0, 0.05) is 54.1 Å². The van der Waals surface area contributed by atoms with Gasteiger partial charge in [0.15, 0.2) is 0 Å². The number of hydrogen-bond acceptors (Lipinski definition) is 7. The Morgan fingerprint density at radius 2 is 1.92 bits per heavy atom. The molecule has 2 aliphatic heterocycles. The van der Waals surface area contributed by atoms with Crippen LogP contribution in [-0.2, 0) is 13.1 Å². The normalized spacial score (nSPS) is 16.6. The van der Waals surface area contributed by atoms with E-state index in [1.807, 2.05) is 36.4 Å². The van der Waals surface area contributed by atoms with Gasteiger partial charge >= 0.3 is 0 Å². The van der Waals surface area contributed by atoms with Gasteiger partial charge in [0.2, 0.25) is 0 Å². The van der Waals surface area contributed by atoms with Crippen molar-refractivity contribution in [2.75, 3.05) is 32.0 Å². The summed E-state index contributed by atoms with van der Waals surface area (Å²) in [6, 6.07) is 8.58. The average molecular weight is 522 g/mol. The third-order valence-corrected chi connectivity index (χ3v) is 7.99. The Balaban J connectivity index is 1.20. The maximum Gasteiger partial charge on any atom is 0.255 e. The largest absolute Gasteiger partial charge is 0.367 e. The number of carbonyl (C=O) groups excluding carboxylic acids is 1. The molecule has 1 saturated heterocycles. The second-order valence-corrected chi connectivity index (χ2v) is 10.7. The summed E-state index contributed by atoms with van der Waals surface area (Å²) in [6.45, 7) is 6.04. The van der Waals surface area contributed by atoms with Crippen LogP contribution in [0, 0.1) is 6.92 Å². The van der Waals surface area contributed by atoms with Crippen molar-refractivity contribution >= 4 is 33.7 Å². The van der Waals surface area contributed by atoms with Gasteiger partial charge in [-0.15, -0.1) is 0 Å². The van der Waals surface area contributed by atoms with E-state index in [1.165, 1.54) is 0 Å². The SMILES string of the molecule is Cc1cn2c(n1)CN(C(=O)c1cnc3[nH]cc(-c4ccc5ncnc(NC6CCN(C)CC6)c5c4)c3c1)CC2. The number of pyridine rings is 1. The Morgan fingerprint density at radius 3 is 2.79 bits per heavy atom. The fourth-order valence-electron chi connectivity index (χ4n) is 5.80. The standard InChI is InChI=1S/C29H31N9O/c1-18-15-37-9-10-38(16-26(37)34-18)29(39)20-12-22-24(14-31-27(22)30-13-20)19-3-4-25-23(11-19)28(33-17-32-25)35-21-5-7-36(2)8-6-21/h3-4,11-15,17,21H,5-10,16H2,1-2H3,(H,30,31)(H,32,33,35). The maximum atomic E-state index is 13.5. The zero-order valence-corrected chi connectivity index (χ0v) is 22.2. The fraction of sp³-hybridized carbons (Fsp3) is 0.345. The highest BCUT2D eigenvalue weighted by Gasteiger charge is 2.24. The lowest BCUT2D eigenvalue weighted by Crippen LogP contribution is -2.38. The first kappa shape index (κ1) is 23.8. The van der Waals surface area contributed by atoms with Gasteiger partial charge in [0.1, 0.15) is 23.6 Å². The van der Waals surface area contributed by atoms with Crippen molar-refractivity contribution in [1.29, 1.82) is 0 Å². The van der Waals surface area contributed by atoms with Crippen molar-refractivity contribution in [2.45, 2.75) is 38.9 Å². The number of nitrogens with zero attached hydrogens (tertiary/aromatic N) is 7. The van der Waals surface area contributed by atoms with Gasteiger partial charge in [-0.25, -0.2) is 19.9 Å². The first-order valence-corrected chi connectivity index (χ1v) is 13.5. The number of amides is 1. The number of likely N-dealkylation sites (tertiary alicyclic amines) is 1. The Morgan fingerprint density at radius 1 is 1.05 bits per heavy atom. The van der Waals surface area contributed by atoms with E-state index in [9.17, 15) is 4.79 Å². The number of aryl methyl sites for hydroxylation is 1. The number of nitrogens with one attached hydrogen (secondary N) is 2. The van der Waals surface area contributed by atoms with Crippen LogP contribution in [0.5, 0.6) is 0 Å². The number of hydrogen-bond donors (Lipinski definition) is 2. The number of rotatable bonds is 4. The van der Waals surface area contributed by atoms with Crippen molar-refractivity contribution < 1.29 is 4.79 Å². The van der Waals surface area contributed by atoms with E-state index >= 15 is 0 Å². The van der Waals surface area contributed by atoms with Crippen LogP contribution in [-0.4, -0.2) is 77.9 Å². The third kappa shape index (κ3) is 4.40. The molecular weight excluding hydrogens is 490 g/mol. The molecule has 2 N–H and O–H groups in total. The quantitative estimate of drug-likeness (QED) is 0.370. The summed E-state index contributed by atoms with van der Waals surface area (Å²) < 4.78 is 2.13. The van der Waals surface area contributed by atoms with Crippen LogP contribution in [0.1, 0.15) is 34.7 Å². The fourth-order valence-corrected chi connectivity index (χ4v) is 5.80. The number of aromatic amines is 1. The lowest BCUT2D eigenvalue weighted by Gasteiger charge is -2.30. The summed E-state index contributed by atoms with van der Waals surface area (Å²) in [4.78, 5) is 39.2. The zero-order chi connectivity index (χ0) is 26.5. The molecule has 6 heterocycles. The molecule has 0 spiro atoms. The van der Waals surface area contributed by atoms with Crippen LogP contribution < -0.4 is 5.32 Å². The van der Waals surface area contributed by atoms with Crippen molar-refractivity contribution in [3.8, 4) is 11.1 Å². The molecule has 1 fully saturated rings. The molecule has 0 unspecified atom stereocenters. The Hall–Kier alpha value is -4.31. The molecule has 0 atom stereocenters. The van der Waals surface area contributed by atoms with Crippen LogP contribution in [0.4, 0.5) is 5.82 Å². The first-order chi connectivity index (χ1) is 19.0. The van der Waals surface area contributed by atoms with Crippen molar-refractivity contribution in [3.63, 3.8) is 0 Å². The van der Waals surface area contributed by atoms with Gasteiger partial charge in [-0.3, -0.25) is 4.79 Å². The predicted octanol–water partition coefficient (Wildman–Crippen LogP) is 3.84. The molecular formula is C29H31N9O. The molecule has 7 rings (SSSR count). The lowest BCUT2D eigenvalue weighted by molar-refractivity contribution is 0.0707. The highest BCUT2D eigenvalue weighted by molar-refractivity contribution is 6.02. The van der Waals surface area contributed by atoms with Gasteiger partial charge in [0.25, 0.3) is 5.91 Å². The number of H-pyrrole nitrogens is 1. The Bertz CT molecular complexity index is 1700. The van der Waals surface area contributed by atoms with E-state index in [2.05, 4.69) is 58.9 Å². The number of imidazole rings is 1. The molecule has 4 aromatic heterocycles. The van der Waals surface area contributed by atoms with E-state index in [-0.39, 0.29) is 5.91 Å². The van der Waals surface area contributed by atoms with E-state index in [0.717, 1.165) is 82.9 Å². The van der Waals surface area contributed by atoms with Crippen LogP contribution >= 0.6 is 0 Å². The Kier molecular flexibility index (Phi) is 5.77. The summed E-state index contributed by atoms with van der Waals surface area (Å²) in [5.41, 5.74) is 5.22. The molecule has 1 amide bonds. The summed E-state index contributed by atoms with van der Waals surface area (Å²) >= 11 is 0. The number of carbonyl (C=O) groups is 1. The second-order valence-electron chi connectivity index (χ2n) is 10.7. The van der Waals surface area contributed by atoms with Crippen LogP contribution in [0.2, 0.25) is 0 Å². The molecule has 10 nitrogen and oxygen atoms in total. The summed E-state index contributed by atoms with van der Waals surface area (Å²) in [5, 5.41) is 5.57. The van der Waals surface area contributed by atoms with E-state index in [1.54, 1.807) is 12.5 Å². The summed E-state index contributed by atoms with van der Waals surface area (Å²) in [7, 11) is 2.17. The van der Waals surface area contributed by atoms with Crippen LogP contribution in [0.3, 0.4) is 0 Å². The van der Waals surface area contributed by atoms with Crippen molar-refractivity contribution in [1.82, 2.24) is 39.3 Å². The molecule has 0 aliphatic carbocycles. The maximum absolute atomic E-state index is 13.5. The smallest absolute Gasteiger partial charge is 0.255 e. The molecule has 2 aliphatic rings. The third-order valence-electron chi connectivity index (χ3n) is 7.99. The molecule has 1 aromatic carbocycles. The van der Waals surface area contributed by atoms with Crippen LogP contribution in [0.15, 0.2) is 49.2 Å². The summed E-state index contributed by atoms with van der Waals surface area (Å²) in [5.74, 6) is 1.76. The average Bonchev–Trinajstić information content (AvgIpc) is 3.55. The van der Waals surface area contributed by atoms with Gasteiger partial charge in [-0.2, -0.15) is 0 Å². The summed E-state index contributed by atoms with van der Waals surface area (Å²) in [6.07, 6.45) is 9.47. The van der Waals surface area contributed by atoms with Gasteiger partial charge < -0.3 is 24.7 Å². The second kappa shape index (κ2) is 9.46. The number of anilines is 1. The highest BCUT2D eigenvalue weighted by atomic mass is 16.2. The number of piperidine rings is 1. The minimum Gasteiger partial charge on any atom is -0.367 e. The molecule has 5 aromatic rings. The molecule has 0 radical (unpaired) electrons. The number of fused-ring (bicyclic) bond motifs is 3. The lowest BCUT2D eigenvalue weighted by atomic mass is 10.0. The first-order valence-electron chi connectivity index (χ1n) is 13.5. The molecule has 0 saturated carbocycles. The predicted molar refractivity (Wildman–Crippen MR) is 150 cm³/mol. The van der Waals surface area contributed by atoms with Crippen LogP contribution in [0.25, 0.3) is 33.1 Å². The zero-order valence-electron chi connectivity index (χ0n) is 22.2. The van der Waals surface area contributed by atoms with Gasteiger partial charge in [0.05, 0.1) is 23.3 Å². The minimum atomic E-state index is -0.0278. The minimum absolute atomic E-state index is 0.0278. The number of aromatic nitrogens is 6. The molecule has 0 bridgehead atoms. The molecule has 39 heavy (non-hydrogen) atoms. The number of benzene rings is 1.